The van der Waals surface area contributed by atoms with Gasteiger partial charge in [-0.3, -0.25) is 0 Å². The molecule has 1 aliphatic heterocycles. The summed E-state index contributed by atoms with van der Waals surface area (Å²) >= 11 is 0. The Bertz CT molecular complexity index is 1230. The largest absolute Gasteiger partial charge is 0.491 e. The highest BCUT2D eigenvalue weighted by atomic mass is 19.4. The van der Waals surface area contributed by atoms with Gasteiger partial charge in [-0.15, -0.1) is 0 Å². The minimum absolute atomic E-state index is 0.0232. The third-order valence-electron chi connectivity index (χ3n) is 5.23. The number of benzene rings is 1. The van der Waals surface area contributed by atoms with Gasteiger partial charge < -0.3 is 18.8 Å². The summed E-state index contributed by atoms with van der Waals surface area (Å²) in [4.78, 5) is 21.1. The van der Waals surface area contributed by atoms with Crippen LogP contribution < -0.4 is 9.47 Å². The molecule has 3 heterocycles. The summed E-state index contributed by atoms with van der Waals surface area (Å²) in [6, 6.07) is 5.13. The molecule has 0 N–H and O–H groups in total. The molecule has 0 bridgehead atoms. The van der Waals surface area contributed by atoms with Gasteiger partial charge in [0.25, 0.3) is 0 Å². The first-order chi connectivity index (χ1) is 16.9. The van der Waals surface area contributed by atoms with E-state index in [1.165, 1.54) is 0 Å². The van der Waals surface area contributed by atoms with Crippen molar-refractivity contribution in [2.75, 3.05) is 6.61 Å². The molecule has 194 valence electrons. The standard InChI is InChI=1S/C24H28F3N5O4/c1-5-6-18(22(33)36-23(2,3)4)35-15-7-8-16-19(11-15)34-10-9-31-12-17(30-20(16)31)21-28-14-29-32(21)13-24(25,26)27/h7-8,11-12,14,18H,5-6,9-10,13H2,1-4H3/t18-/m0/s1. The number of hydrogen-bond donors (Lipinski definition) is 0. The molecule has 0 amide bonds. The second kappa shape index (κ2) is 9.82. The van der Waals surface area contributed by atoms with Gasteiger partial charge in [-0.2, -0.15) is 18.3 Å². The Labute approximate surface area is 206 Å². The summed E-state index contributed by atoms with van der Waals surface area (Å²) in [6.45, 7) is 6.82. The van der Waals surface area contributed by atoms with Crippen LogP contribution in [-0.4, -0.2) is 54.8 Å². The van der Waals surface area contributed by atoms with E-state index in [1.54, 1.807) is 49.7 Å². The Hall–Kier alpha value is -3.57. The molecule has 1 atom stereocenters. The monoisotopic (exact) mass is 507 g/mol. The van der Waals surface area contributed by atoms with Crippen LogP contribution in [-0.2, 0) is 22.6 Å². The van der Waals surface area contributed by atoms with E-state index < -0.39 is 30.4 Å². The van der Waals surface area contributed by atoms with Crippen molar-refractivity contribution in [3.8, 4) is 34.4 Å². The number of alkyl halides is 3. The van der Waals surface area contributed by atoms with Crippen molar-refractivity contribution in [1.29, 1.82) is 0 Å². The lowest BCUT2D eigenvalue weighted by atomic mass is 10.1. The second-order valence-corrected chi connectivity index (χ2v) is 9.43. The van der Waals surface area contributed by atoms with Gasteiger partial charge in [-0.05, 0) is 39.3 Å². The number of nitrogens with zero attached hydrogens (tertiary/aromatic N) is 5. The normalized spacial score (nSPS) is 14.3. The number of carbonyl (C=O) groups is 1. The van der Waals surface area contributed by atoms with Crippen LogP contribution in [0.3, 0.4) is 0 Å². The van der Waals surface area contributed by atoms with Gasteiger partial charge in [0.2, 0.25) is 0 Å². The molecule has 0 radical (unpaired) electrons. The van der Waals surface area contributed by atoms with E-state index in [0.717, 1.165) is 17.4 Å². The van der Waals surface area contributed by atoms with Gasteiger partial charge in [-0.1, -0.05) is 13.3 Å². The summed E-state index contributed by atoms with van der Waals surface area (Å²) < 4.78 is 58.7. The van der Waals surface area contributed by atoms with Crippen molar-refractivity contribution in [2.24, 2.45) is 0 Å². The first kappa shape index (κ1) is 25.5. The molecular weight excluding hydrogens is 479 g/mol. The molecule has 0 saturated heterocycles. The average molecular weight is 508 g/mol. The zero-order valence-electron chi connectivity index (χ0n) is 20.5. The number of aromatic nitrogens is 5. The van der Waals surface area contributed by atoms with E-state index in [0.29, 0.717) is 42.5 Å². The molecule has 36 heavy (non-hydrogen) atoms. The number of imidazole rings is 1. The lowest BCUT2D eigenvalue weighted by Crippen LogP contribution is -2.35. The maximum atomic E-state index is 12.9. The molecule has 12 heteroatoms. The molecule has 0 saturated carbocycles. The third kappa shape index (κ3) is 5.97. The highest BCUT2D eigenvalue weighted by molar-refractivity contribution is 5.76. The minimum atomic E-state index is -4.44. The van der Waals surface area contributed by atoms with Gasteiger partial charge in [0.15, 0.2) is 11.9 Å². The zero-order chi connectivity index (χ0) is 26.1. The van der Waals surface area contributed by atoms with Crippen LogP contribution in [0, 0.1) is 0 Å². The Morgan fingerprint density at radius 3 is 2.69 bits per heavy atom. The van der Waals surface area contributed by atoms with Gasteiger partial charge in [0.05, 0.1) is 12.1 Å². The minimum Gasteiger partial charge on any atom is -0.491 e. The van der Waals surface area contributed by atoms with Gasteiger partial charge in [0.1, 0.15) is 48.1 Å². The number of halogens is 3. The summed E-state index contributed by atoms with van der Waals surface area (Å²) in [5.41, 5.74) is 0.271. The van der Waals surface area contributed by atoms with E-state index in [4.69, 9.17) is 14.2 Å². The number of carbonyl (C=O) groups excluding carboxylic acids is 1. The van der Waals surface area contributed by atoms with Crippen LogP contribution in [0.2, 0.25) is 0 Å². The maximum Gasteiger partial charge on any atom is 0.408 e. The quantitative estimate of drug-likeness (QED) is 0.430. The molecule has 4 rings (SSSR count). The molecule has 0 spiro atoms. The molecule has 0 aliphatic carbocycles. The van der Waals surface area contributed by atoms with Crippen LogP contribution in [0.4, 0.5) is 13.2 Å². The Morgan fingerprint density at radius 2 is 2.00 bits per heavy atom. The molecule has 3 aromatic rings. The number of rotatable bonds is 7. The van der Waals surface area contributed by atoms with Gasteiger partial charge >= 0.3 is 12.1 Å². The lowest BCUT2D eigenvalue weighted by molar-refractivity contribution is -0.163. The topological polar surface area (TPSA) is 93.3 Å². The average Bonchev–Trinajstić information content (AvgIpc) is 3.34. The lowest BCUT2D eigenvalue weighted by Gasteiger charge is -2.24. The highest BCUT2D eigenvalue weighted by Crippen LogP contribution is 2.36. The molecule has 1 aromatic carbocycles. The SMILES string of the molecule is CCC[C@H](Oc1ccc2c(c1)OCCn1cc(-c3ncnn3CC(F)(F)F)nc1-2)C(=O)OC(C)(C)C. The summed E-state index contributed by atoms with van der Waals surface area (Å²) in [7, 11) is 0. The first-order valence-electron chi connectivity index (χ1n) is 11.6. The van der Waals surface area contributed by atoms with E-state index in [-0.39, 0.29) is 11.5 Å². The van der Waals surface area contributed by atoms with E-state index in [2.05, 4.69) is 15.1 Å². The fraction of sp³-hybridized carbons (Fsp3) is 0.500. The Kier molecular flexibility index (Phi) is 6.96. The third-order valence-corrected chi connectivity index (χ3v) is 5.23. The number of fused-ring (bicyclic) bond motifs is 3. The fourth-order valence-corrected chi connectivity index (χ4v) is 3.81. The Morgan fingerprint density at radius 1 is 1.22 bits per heavy atom. The summed E-state index contributed by atoms with van der Waals surface area (Å²) in [5, 5.41) is 3.69. The van der Waals surface area contributed by atoms with Gasteiger partial charge in [0, 0.05) is 12.3 Å². The molecular formula is C24H28F3N5O4. The van der Waals surface area contributed by atoms with Crippen LogP contribution in [0.25, 0.3) is 22.9 Å². The summed E-state index contributed by atoms with van der Waals surface area (Å²) in [6.07, 6.45) is -1.29. The molecule has 0 unspecified atom stereocenters. The van der Waals surface area contributed by atoms with E-state index in [9.17, 15) is 18.0 Å². The van der Waals surface area contributed by atoms with E-state index in [1.807, 2.05) is 6.92 Å². The predicted molar refractivity (Wildman–Crippen MR) is 123 cm³/mol. The highest BCUT2D eigenvalue weighted by Gasteiger charge is 2.31. The van der Waals surface area contributed by atoms with Crippen LogP contribution in [0.5, 0.6) is 11.5 Å². The zero-order valence-corrected chi connectivity index (χ0v) is 20.5. The predicted octanol–water partition coefficient (Wildman–Crippen LogP) is 4.65. The first-order valence-corrected chi connectivity index (χ1v) is 11.6. The van der Waals surface area contributed by atoms with Crippen molar-refractivity contribution in [2.45, 2.75) is 71.5 Å². The second-order valence-electron chi connectivity index (χ2n) is 9.43. The van der Waals surface area contributed by atoms with Crippen molar-refractivity contribution in [3.05, 3.63) is 30.7 Å². The number of ether oxygens (including phenoxy) is 3. The fourth-order valence-electron chi connectivity index (χ4n) is 3.81. The summed E-state index contributed by atoms with van der Waals surface area (Å²) in [5.74, 6) is 1.02. The molecule has 1 aliphatic rings. The maximum absolute atomic E-state index is 12.9. The Balaban J connectivity index is 1.61. The molecule has 9 nitrogen and oxygen atoms in total. The van der Waals surface area contributed by atoms with Crippen LogP contribution >= 0.6 is 0 Å². The number of hydrogen-bond acceptors (Lipinski definition) is 7. The smallest absolute Gasteiger partial charge is 0.408 e. The van der Waals surface area contributed by atoms with Crippen molar-refractivity contribution < 1.29 is 32.2 Å². The van der Waals surface area contributed by atoms with Crippen molar-refractivity contribution in [1.82, 2.24) is 24.3 Å². The molecule has 2 aromatic heterocycles. The molecule has 0 fully saturated rings. The van der Waals surface area contributed by atoms with E-state index >= 15 is 0 Å². The van der Waals surface area contributed by atoms with Crippen molar-refractivity contribution >= 4 is 5.97 Å². The number of esters is 1. The van der Waals surface area contributed by atoms with Crippen LogP contribution in [0.1, 0.15) is 40.5 Å². The van der Waals surface area contributed by atoms with Crippen molar-refractivity contribution in [3.63, 3.8) is 0 Å². The van der Waals surface area contributed by atoms with Gasteiger partial charge in [-0.25, -0.2) is 19.4 Å². The van der Waals surface area contributed by atoms with Crippen LogP contribution in [0.15, 0.2) is 30.7 Å².